The molecule has 1 atom stereocenters. The number of hydrogen-bond acceptors (Lipinski definition) is 8. The number of rotatable bonds is 11. The maximum atomic E-state index is 13.4. The van der Waals surface area contributed by atoms with Crippen molar-refractivity contribution in [2.75, 3.05) is 19.8 Å². The van der Waals surface area contributed by atoms with Crippen molar-refractivity contribution in [3.05, 3.63) is 35.9 Å². The Bertz CT molecular complexity index is 781. The molecule has 0 bridgehead atoms. The van der Waals surface area contributed by atoms with E-state index in [1.807, 2.05) is 18.2 Å². The van der Waals surface area contributed by atoms with Crippen molar-refractivity contribution in [2.24, 2.45) is 0 Å². The summed E-state index contributed by atoms with van der Waals surface area (Å²) in [6.45, 7) is 8.21. The Hall–Kier alpha value is -1.93. The molecule has 0 N–H and O–H groups in total. The van der Waals surface area contributed by atoms with Crippen LogP contribution in [0.1, 0.15) is 53.0 Å². The molecule has 32 heavy (non-hydrogen) atoms. The molecule has 1 saturated carbocycles. The van der Waals surface area contributed by atoms with E-state index in [4.69, 9.17) is 23.3 Å². The number of carbonyl (C=O) groups excluding carboxylic acids is 2. The molecule has 9 nitrogen and oxygen atoms in total. The lowest BCUT2D eigenvalue weighted by Gasteiger charge is -2.31. The highest BCUT2D eigenvalue weighted by Gasteiger charge is 2.44. The van der Waals surface area contributed by atoms with Crippen LogP contribution in [0.15, 0.2) is 30.3 Å². The van der Waals surface area contributed by atoms with Crippen LogP contribution in [0.2, 0.25) is 0 Å². The lowest BCUT2D eigenvalue weighted by molar-refractivity contribution is 0.00167. The van der Waals surface area contributed by atoms with Crippen LogP contribution in [-0.4, -0.2) is 54.4 Å². The van der Waals surface area contributed by atoms with Gasteiger partial charge < -0.3 is 23.3 Å². The zero-order chi connectivity index (χ0) is 23.8. The number of benzene rings is 1. The molecule has 1 aromatic rings. The van der Waals surface area contributed by atoms with Gasteiger partial charge in [0.25, 0.3) is 0 Å². The highest BCUT2D eigenvalue weighted by molar-refractivity contribution is 7.54. The van der Waals surface area contributed by atoms with Crippen molar-refractivity contribution in [1.82, 2.24) is 4.90 Å². The third-order valence-electron chi connectivity index (χ3n) is 4.22. The quantitative estimate of drug-likeness (QED) is 0.399. The summed E-state index contributed by atoms with van der Waals surface area (Å²) < 4.78 is 40.9. The summed E-state index contributed by atoms with van der Waals surface area (Å²) in [4.78, 5) is 26.5. The monoisotopic (exact) mass is 471 g/mol. The first-order chi connectivity index (χ1) is 15.1. The van der Waals surface area contributed by atoms with Crippen molar-refractivity contribution >= 4 is 19.8 Å². The number of hydrogen-bond donors (Lipinski definition) is 0. The van der Waals surface area contributed by atoms with Crippen molar-refractivity contribution in [1.29, 1.82) is 0 Å². The molecule has 180 valence electrons. The molecule has 0 saturated heterocycles. The Labute approximate surface area is 189 Å². The predicted octanol–water partition coefficient (Wildman–Crippen LogP) is 5.33. The Morgan fingerprint density at radius 1 is 1.06 bits per heavy atom. The van der Waals surface area contributed by atoms with E-state index < -0.39 is 37.8 Å². The Balaban J connectivity index is 2.24. The SMILES string of the molecule is CCOP(=O)(OCC)C(CN(C(=O)OCc1ccccc1)C(=O)OC(C)(C)C)OC1CC1. The number of amides is 2. The molecule has 0 spiro atoms. The summed E-state index contributed by atoms with van der Waals surface area (Å²) >= 11 is 0. The van der Waals surface area contributed by atoms with E-state index in [1.54, 1.807) is 46.8 Å². The average molecular weight is 471 g/mol. The molecule has 10 heteroatoms. The van der Waals surface area contributed by atoms with Crippen LogP contribution in [0.3, 0.4) is 0 Å². The predicted molar refractivity (Wildman–Crippen MR) is 118 cm³/mol. The molecular formula is C22H34NO8P. The van der Waals surface area contributed by atoms with Crippen LogP contribution >= 0.6 is 7.60 Å². The van der Waals surface area contributed by atoms with Crippen LogP contribution < -0.4 is 0 Å². The molecule has 0 heterocycles. The first-order valence-electron chi connectivity index (χ1n) is 10.8. The maximum Gasteiger partial charge on any atom is 0.419 e. The highest BCUT2D eigenvalue weighted by Crippen LogP contribution is 2.55. The summed E-state index contributed by atoms with van der Waals surface area (Å²) in [7, 11) is -3.78. The van der Waals surface area contributed by atoms with Crippen LogP contribution in [0.4, 0.5) is 9.59 Å². The van der Waals surface area contributed by atoms with E-state index in [-0.39, 0.29) is 25.9 Å². The smallest absolute Gasteiger partial charge is 0.419 e. The van der Waals surface area contributed by atoms with Crippen molar-refractivity contribution < 1.29 is 37.4 Å². The standard InChI is InChI=1S/C22H34NO8P/c1-6-28-32(26,29-7-2)19(30-18-13-14-18)15-23(21(25)31-22(3,4)5)20(24)27-16-17-11-9-8-10-12-17/h8-12,18-19H,6-7,13-16H2,1-5H3. The average Bonchev–Trinajstić information content (AvgIpc) is 3.53. The van der Waals surface area contributed by atoms with Gasteiger partial charge in [-0.15, -0.1) is 0 Å². The molecule has 0 radical (unpaired) electrons. The van der Waals surface area contributed by atoms with E-state index in [9.17, 15) is 14.2 Å². The zero-order valence-electron chi connectivity index (χ0n) is 19.4. The lowest BCUT2D eigenvalue weighted by atomic mass is 10.2. The van der Waals surface area contributed by atoms with Gasteiger partial charge in [-0.1, -0.05) is 30.3 Å². The number of imide groups is 1. The maximum absolute atomic E-state index is 13.4. The fourth-order valence-corrected chi connectivity index (χ4v) is 4.51. The first kappa shape index (κ1) is 26.3. The minimum atomic E-state index is -3.78. The van der Waals surface area contributed by atoms with Gasteiger partial charge in [0, 0.05) is 0 Å². The van der Waals surface area contributed by atoms with E-state index >= 15 is 0 Å². The van der Waals surface area contributed by atoms with Gasteiger partial charge in [-0.25, -0.2) is 14.5 Å². The topological polar surface area (TPSA) is 101 Å². The molecule has 1 unspecified atom stereocenters. The van der Waals surface area contributed by atoms with Gasteiger partial charge in [-0.05, 0) is 53.0 Å². The molecular weight excluding hydrogens is 437 g/mol. The molecule has 1 aliphatic rings. The van der Waals surface area contributed by atoms with E-state index in [1.165, 1.54) is 0 Å². The Morgan fingerprint density at radius 3 is 2.16 bits per heavy atom. The van der Waals surface area contributed by atoms with Gasteiger partial charge in [0.05, 0.1) is 25.9 Å². The van der Waals surface area contributed by atoms with E-state index in [2.05, 4.69) is 0 Å². The summed E-state index contributed by atoms with van der Waals surface area (Å²) in [5.41, 5.74) is -0.101. The summed E-state index contributed by atoms with van der Waals surface area (Å²) in [5.74, 6) is -1.16. The van der Waals surface area contributed by atoms with Gasteiger partial charge in [-0.3, -0.25) is 4.57 Å². The minimum absolute atomic E-state index is 0.0400. The molecule has 1 aliphatic carbocycles. The molecule has 2 rings (SSSR count). The Morgan fingerprint density at radius 2 is 1.66 bits per heavy atom. The molecule has 1 fully saturated rings. The molecule has 2 amide bonds. The molecule has 1 aromatic carbocycles. The van der Waals surface area contributed by atoms with Gasteiger partial charge >= 0.3 is 19.8 Å². The second-order valence-electron chi connectivity index (χ2n) is 8.30. The van der Waals surface area contributed by atoms with Crippen LogP contribution in [0.5, 0.6) is 0 Å². The second kappa shape index (κ2) is 11.8. The van der Waals surface area contributed by atoms with Gasteiger partial charge in [-0.2, -0.15) is 0 Å². The zero-order valence-corrected chi connectivity index (χ0v) is 20.3. The van der Waals surface area contributed by atoms with Crippen LogP contribution in [0.25, 0.3) is 0 Å². The minimum Gasteiger partial charge on any atom is -0.444 e. The van der Waals surface area contributed by atoms with Gasteiger partial charge in [0.1, 0.15) is 12.2 Å². The summed E-state index contributed by atoms with van der Waals surface area (Å²) in [6, 6.07) is 9.06. The number of carbonyl (C=O) groups is 2. The lowest BCUT2D eigenvalue weighted by Crippen LogP contribution is -2.45. The second-order valence-corrected chi connectivity index (χ2v) is 10.5. The van der Waals surface area contributed by atoms with Crippen molar-refractivity contribution in [3.8, 4) is 0 Å². The number of ether oxygens (including phenoxy) is 3. The van der Waals surface area contributed by atoms with Crippen LogP contribution in [0, 0.1) is 0 Å². The fourth-order valence-electron chi connectivity index (χ4n) is 2.70. The van der Waals surface area contributed by atoms with Crippen molar-refractivity contribution in [3.63, 3.8) is 0 Å². The normalized spacial score (nSPS) is 15.2. The Kier molecular flexibility index (Phi) is 9.70. The third kappa shape index (κ3) is 8.54. The van der Waals surface area contributed by atoms with Gasteiger partial charge in [0.2, 0.25) is 0 Å². The highest BCUT2D eigenvalue weighted by atomic mass is 31.2. The van der Waals surface area contributed by atoms with E-state index in [0.29, 0.717) is 0 Å². The molecule has 0 aromatic heterocycles. The summed E-state index contributed by atoms with van der Waals surface area (Å²) in [5, 5.41) is 0. The fraction of sp³-hybridized carbons (Fsp3) is 0.636. The van der Waals surface area contributed by atoms with E-state index in [0.717, 1.165) is 23.3 Å². The number of nitrogens with zero attached hydrogens (tertiary/aromatic N) is 1. The summed E-state index contributed by atoms with van der Waals surface area (Å²) in [6.07, 6.45) is -0.416. The van der Waals surface area contributed by atoms with Crippen molar-refractivity contribution in [2.45, 2.75) is 71.6 Å². The van der Waals surface area contributed by atoms with Gasteiger partial charge in [0.15, 0.2) is 5.85 Å². The first-order valence-corrected chi connectivity index (χ1v) is 12.4. The third-order valence-corrected chi connectivity index (χ3v) is 6.45. The largest absolute Gasteiger partial charge is 0.444 e. The van der Waals surface area contributed by atoms with Crippen LogP contribution in [-0.2, 0) is 34.4 Å². The molecule has 0 aliphatic heterocycles.